The van der Waals surface area contributed by atoms with Gasteiger partial charge in [-0.2, -0.15) is 0 Å². The predicted molar refractivity (Wildman–Crippen MR) is 106 cm³/mol. The fourth-order valence-corrected chi connectivity index (χ4v) is 3.27. The Morgan fingerprint density at radius 1 is 1.41 bits per heavy atom. The van der Waals surface area contributed by atoms with Crippen LogP contribution in [0, 0.1) is 5.92 Å². The van der Waals surface area contributed by atoms with Crippen LogP contribution in [-0.2, 0) is 0 Å². The molecular formula is C18H28IN3. The number of piperidine rings is 1. The molecule has 1 saturated heterocycles. The molecule has 1 aliphatic rings. The lowest BCUT2D eigenvalue weighted by molar-refractivity contribution is 0.216. The molecule has 1 fully saturated rings. The summed E-state index contributed by atoms with van der Waals surface area (Å²) in [5, 5.41) is 3.35. The van der Waals surface area contributed by atoms with Crippen LogP contribution in [-0.4, -0.2) is 37.5 Å². The molecule has 0 spiro atoms. The second-order valence-electron chi connectivity index (χ2n) is 5.64. The van der Waals surface area contributed by atoms with Crippen LogP contribution in [0.15, 0.2) is 48.0 Å². The number of guanidine groups is 1. The van der Waals surface area contributed by atoms with Crippen LogP contribution in [0.5, 0.6) is 0 Å². The molecule has 0 aliphatic carbocycles. The van der Waals surface area contributed by atoms with Crippen molar-refractivity contribution < 1.29 is 0 Å². The molecule has 0 bridgehead atoms. The van der Waals surface area contributed by atoms with Crippen molar-refractivity contribution in [3.63, 3.8) is 0 Å². The van der Waals surface area contributed by atoms with Crippen molar-refractivity contribution in [3.05, 3.63) is 48.6 Å². The summed E-state index contributed by atoms with van der Waals surface area (Å²) < 4.78 is 0. The highest BCUT2D eigenvalue weighted by molar-refractivity contribution is 14.0. The van der Waals surface area contributed by atoms with E-state index in [1.807, 2.05) is 13.1 Å². The Kier molecular flexibility index (Phi) is 8.53. The zero-order valence-electron chi connectivity index (χ0n) is 13.7. The fraction of sp³-hybridized carbons (Fsp3) is 0.500. The third-order valence-corrected chi connectivity index (χ3v) is 4.40. The highest BCUT2D eigenvalue weighted by Gasteiger charge is 2.30. The van der Waals surface area contributed by atoms with Crippen LogP contribution < -0.4 is 5.32 Å². The summed E-state index contributed by atoms with van der Waals surface area (Å²) >= 11 is 0. The third kappa shape index (κ3) is 4.73. The van der Waals surface area contributed by atoms with Crippen molar-refractivity contribution in [1.82, 2.24) is 10.2 Å². The highest BCUT2D eigenvalue weighted by Crippen LogP contribution is 2.34. The van der Waals surface area contributed by atoms with Gasteiger partial charge in [-0.25, -0.2) is 0 Å². The van der Waals surface area contributed by atoms with Gasteiger partial charge >= 0.3 is 0 Å². The highest BCUT2D eigenvalue weighted by atomic mass is 127. The molecular weight excluding hydrogens is 385 g/mol. The standard InChI is InChI=1S/C18H27N3.HI/c1-4-12-20-18(19-3)21-13-11-17(15(5-2)14-21)16-9-7-6-8-10-16;/h4,6-10,15,17H,1,5,11-14H2,2-3H3,(H,19,20);1H. The summed E-state index contributed by atoms with van der Waals surface area (Å²) in [6.07, 6.45) is 4.27. The Hall–Kier alpha value is -1.04. The number of rotatable bonds is 4. The molecule has 4 heteroatoms. The van der Waals surface area contributed by atoms with Crippen LogP contribution in [0.1, 0.15) is 31.2 Å². The first kappa shape index (κ1) is 19.0. The number of hydrogen-bond acceptors (Lipinski definition) is 1. The van der Waals surface area contributed by atoms with Gasteiger partial charge in [-0.3, -0.25) is 4.99 Å². The Bertz CT molecular complexity index is 472. The Morgan fingerprint density at radius 3 is 2.73 bits per heavy atom. The van der Waals surface area contributed by atoms with Gasteiger partial charge in [0.15, 0.2) is 5.96 Å². The summed E-state index contributed by atoms with van der Waals surface area (Å²) in [4.78, 5) is 6.79. The lowest BCUT2D eigenvalue weighted by Crippen LogP contribution is -2.48. The fourth-order valence-electron chi connectivity index (χ4n) is 3.27. The first-order chi connectivity index (χ1) is 10.3. The Morgan fingerprint density at radius 2 is 2.14 bits per heavy atom. The van der Waals surface area contributed by atoms with Gasteiger partial charge in [0.2, 0.25) is 0 Å². The number of hydrogen-bond donors (Lipinski definition) is 1. The molecule has 1 N–H and O–H groups in total. The number of aliphatic imine (C=N–C) groups is 1. The first-order valence-electron chi connectivity index (χ1n) is 7.91. The van der Waals surface area contributed by atoms with E-state index in [0.29, 0.717) is 11.8 Å². The molecule has 0 aromatic heterocycles. The second-order valence-corrected chi connectivity index (χ2v) is 5.64. The molecule has 2 atom stereocenters. The van der Waals surface area contributed by atoms with E-state index in [1.54, 1.807) is 0 Å². The van der Waals surface area contributed by atoms with Gasteiger partial charge in [-0.15, -0.1) is 30.6 Å². The van der Waals surface area contributed by atoms with Crippen molar-refractivity contribution in [3.8, 4) is 0 Å². The van der Waals surface area contributed by atoms with Gasteiger partial charge in [0.05, 0.1) is 0 Å². The van der Waals surface area contributed by atoms with Gasteiger partial charge in [0.25, 0.3) is 0 Å². The molecule has 1 aliphatic heterocycles. The lowest BCUT2D eigenvalue weighted by Gasteiger charge is -2.40. The number of likely N-dealkylation sites (tertiary alicyclic amines) is 1. The summed E-state index contributed by atoms with van der Waals surface area (Å²) in [7, 11) is 1.86. The van der Waals surface area contributed by atoms with Gasteiger partial charge in [-0.05, 0) is 23.8 Å². The average Bonchev–Trinajstić information content (AvgIpc) is 2.56. The molecule has 122 valence electrons. The lowest BCUT2D eigenvalue weighted by atomic mass is 9.79. The minimum Gasteiger partial charge on any atom is -0.353 e. The van der Waals surface area contributed by atoms with E-state index in [0.717, 1.165) is 25.6 Å². The topological polar surface area (TPSA) is 27.6 Å². The van der Waals surface area contributed by atoms with Gasteiger partial charge < -0.3 is 10.2 Å². The average molecular weight is 413 g/mol. The molecule has 1 aromatic carbocycles. The van der Waals surface area contributed by atoms with E-state index < -0.39 is 0 Å². The molecule has 2 rings (SSSR count). The zero-order valence-corrected chi connectivity index (χ0v) is 16.0. The monoisotopic (exact) mass is 413 g/mol. The molecule has 1 aromatic rings. The maximum Gasteiger partial charge on any atom is 0.193 e. The van der Waals surface area contributed by atoms with Gasteiger partial charge in [-0.1, -0.05) is 49.8 Å². The molecule has 3 nitrogen and oxygen atoms in total. The van der Waals surface area contributed by atoms with E-state index in [2.05, 4.69) is 59.0 Å². The minimum absolute atomic E-state index is 0. The summed E-state index contributed by atoms with van der Waals surface area (Å²) in [5.41, 5.74) is 1.48. The van der Waals surface area contributed by atoms with E-state index in [1.165, 1.54) is 18.4 Å². The van der Waals surface area contributed by atoms with Crippen molar-refractivity contribution in [2.45, 2.75) is 25.7 Å². The van der Waals surface area contributed by atoms with Crippen LogP contribution in [0.3, 0.4) is 0 Å². The number of benzene rings is 1. The number of nitrogens with one attached hydrogen (secondary N) is 1. The zero-order chi connectivity index (χ0) is 15.1. The first-order valence-corrected chi connectivity index (χ1v) is 7.91. The van der Waals surface area contributed by atoms with Crippen molar-refractivity contribution in [2.24, 2.45) is 10.9 Å². The third-order valence-electron chi connectivity index (χ3n) is 4.40. The Labute approximate surface area is 151 Å². The van der Waals surface area contributed by atoms with Crippen LogP contribution in [0.2, 0.25) is 0 Å². The van der Waals surface area contributed by atoms with E-state index in [9.17, 15) is 0 Å². The molecule has 0 amide bonds. The smallest absolute Gasteiger partial charge is 0.193 e. The van der Waals surface area contributed by atoms with Crippen molar-refractivity contribution in [1.29, 1.82) is 0 Å². The maximum absolute atomic E-state index is 4.40. The largest absolute Gasteiger partial charge is 0.353 e. The molecule has 2 unspecified atom stereocenters. The van der Waals surface area contributed by atoms with Crippen molar-refractivity contribution in [2.75, 3.05) is 26.7 Å². The van der Waals surface area contributed by atoms with Crippen LogP contribution in [0.25, 0.3) is 0 Å². The predicted octanol–water partition coefficient (Wildman–Crippen LogP) is 3.88. The molecule has 0 saturated carbocycles. The maximum atomic E-state index is 4.40. The Balaban J connectivity index is 0.00000242. The van der Waals surface area contributed by atoms with Crippen LogP contribution in [0.4, 0.5) is 0 Å². The minimum atomic E-state index is 0. The van der Waals surface area contributed by atoms with Gasteiger partial charge in [0.1, 0.15) is 0 Å². The molecule has 22 heavy (non-hydrogen) atoms. The van der Waals surface area contributed by atoms with Crippen LogP contribution >= 0.6 is 24.0 Å². The van der Waals surface area contributed by atoms with E-state index in [-0.39, 0.29) is 24.0 Å². The van der Waals surface area contributed by atoms with E-state index >= 15 is 0 Å². The second kappa shape index (κ2) is 9.87. The van der Waals surface area contributed by atoms with E-state index in [4.69, 9.17) is 0 Å². The summed E-state index contributed by atoms with van der Waals surface area (Å²) in [5.74, 6) is 2.35. The summed E-state index contributed by atoms with van der Waals surface area (Å²) in [6.45, 7) is 8.96. The van der Waals surface area contributed by atoms with Crippen molar-refractivity contribution >= 4 is 29.9 Å². The normalized spacial score (nSPS) is 21.9. The quantitative estimate of drug-likeness (QED) is 0.351. The molecule has 1 heterocycles. The SMILES string of the molecule is C=CCNC(=NC)N1CCC(c2ccccc2)C(CC)C1.I. The number of halogens is 1. The summed E-state index contributed by atoms with van der Waals surface area (Å²) in [6, 6.07) is 10.9. The van der Waals surface area contributed by atoms with Gasteiger partial charge in [0, 0.05) is 26.7 Å². The molecule has 0 radical (unpaired) electrons. The number of nitrogens with zero attached hydrogens (tertiary/aromatic N) is 2.